The molecule has 3 rings (SSSR count). The topological polar surface area (TPSA) is 57.0 Å². The lowest BCUT2D eigenvalue weighted by Gasteiger charge is -2.10. The summed E-state index contributed by atoms with van der Waals surface area (Å²) < 4.78 is 6.95. The monoisotopic (exact) mass is 315 g/mol. The third-order valence-corrected chi connectivity index (χ3v) is 3.72. The van der Waals surface area contributed by atoms with Gasteiger partial charge in [-0.15, -0.1) is 0 Å². The first-order valence-electron chi connectivity index (χ1n) is 6.89. The van der Waals surface area contributed by atoms with Gasteiger partial charge in [-0.05, 0) is 31.5 Å². The molecule has 6 heteroatoms. The molecule has 3 aromatic rings. The molecular formula is C16H14ClN3O2. The van der Waals surface area contributed by atoms with E-state index < -0.39 is 5.97 Å². The summed E-state index contributed by atoms with van der Waals surface area (Å²) in [5.74, 6) is -0.405. The summed E-state index contributed by atoms with van der Waals surface area (Å²) in [5, 5.41) is 0.985. The summed E-state index contributed by atoms with van der Waals surface area (Å²) in [6.45, 7) is 3.90. The highest BCUT2D eigenvalue weighted by atomic mass is 35.5. The number of nitrogens with zero attached hydrogens (tertiary/aromatic N) is 3. The van der Waals surface area contributed by atoms with Gasteiger partial charge in [-0.2, -0.15) is 0 Å². The molecule has 0 N–H and O–H groups in total. The van der Waals surface area contributed by atoms with Crippen LogP contribution in [-0.4, -0.2) is 27.1 Å². The molecule has 0 aliphatic carbocycles. The average Bonchev–Trinajstić information content (AvgIpc) is 2.82. The molecule has 2 heterocycles. The first kappa shape index (κ1) is 14.5. The summed E-state index contributed by atoms with van der Waals surface area (Å²) in [6, 6.07) is 9.51. The molecule has 0 bridgehead atoms. The molecule has 0 saturated carbocycles. The number of hydrogen-bond acceptors (Lipinski definition) is 4. The Morgan fingerprint density at radius 3 is 2.68 bits per heavy atom. The van der Waals surface area contributed by atoms with Crippen LogP contribution in [0.25, 0.3) is 16.7 Å². The standard InChI is InChI=1S/C16H14ClN3O2/c1-3-22-16(21)13-10(2)12-14(17)18-9-19-15(12)20(13)11-7-5-4-6-8-11/h4-9H,3H2,1-2H3. The summed E-state index contributed by atoms with van der Waals surface area (Å²) in [5.41, 5.74) is 2.54. The lowest BCUT2D eigenvalue weighted by molar-refractivity contribution is 0.0516. The Hall–Kier alpha value is -2.40. The Morgan fingerprint density at radius 2 is 2.00 bits per heavy atom. The predicted molar refractivity (Wildman–Crippen MR) is 84.6 cm³/mol. The fraction of sp³-hybridized carbons (Fsp3) is 0.188. The van der Waals surface area contributed by atoms with E-state index in [1.165, 1.54) is 6.33 Å². The maximum absolute atomic E-state index is 12.4. The number of halogens is 1. The number of benzene rings is 1. The highest BCUT2D eigenvalue weighted by Crippen LogP contribution is 2.31. The van der Waals surface area contributed by atoms with Crippen molar-refractivity contribution in [1.82, 2.24) is 14.5 Å². The number of esters is 1. The molecule has 0 spiro atoms. The first-order valence-corrected chi connectivity index (χ1v) is 7.27. The van der Waals surface area contributed by atoms with Crippen molar-refractivity contribution >= 4 is 28.6 Å². The maximum atomic E-state index is 12.4. The van der Waals surface area contributed by atoms with Crippen molar-refractivity contribution < 1.29 is 9.53 Å². The van der Waals surface area contributed by atoms with E-state index in [1.54, 1.807) is 11.5 Å². The lowest BCUT2D eigenvalue weighted by atomic mass is 10.2. The van der Waals surface area contributed by atoms with E-state index >= 15 is 0 Å². The van der Waals surface area contributed by atoms with E-state index in [1.807, 2.05) is 37.3 Å². The van der Waals surface area contributed by atoms with Gasteiger partial charge in [0.05, 0.1) is 12.0 Å². The summed E-state index contributed by atoms with van der Waals surface area (Å²) in [7, 11) is 0. The first-order chi connectivity index (χ1) is 10.6. The Kier molecular flexibility index (Phi) is 3.81. The Morgan fingerprint density at radius 1 is 1.27 bits per heavy atom. The molecule has 2 aromatic heterocycles. The molecular weight excluding hydrogens is 302 g/mol. The second-order valence-electron chi connectivity index (χ2n) is 4.73. The number of aromatic nitrogens is 3. The number of fused-ring (bicyclic) bond motifs is 1. The van der Waals surface area contributed by atoms with Crippen LogP contribution in [0.15, 0.2) is 36.7 Å². The molecule has 0 saturated heterocycles. The van der Waals surface area contributed by atoms with E-state index in [0.29, 0.717) is 34.1 Å². The minimum absolute atomic E-state index is 0.300. The van der Waals surface area contributed by atoms with Crippen LogP contribution in [0.1, 0.15) is 23.0 Å². The zero-order valence-corrected chi connectivity index (χ0v) is 13.0. The fourth-order valence-electron chi connectivity index (χ4n) is 2.51. The molecule has 22 heavy (non-hydrogen) atoms. The second kappa shape index (κ2) is 5.77. The highest BCUT2D eigenvalue weighted by Gasteiger charge is 2.24. The van der Waals surface area contributed by atoms with Crippen LogP contribution in [0, 0.1) is 6.92 Å². The minimum Gasteiger partial charge on any atom is -0.461 e. The Bertz CT molecular complexity index is 843. The second-order valence-corrected chi connectivity index (χ2v) is 5.09. The molecule has 5 nitrogen and oxygen atoms in total. The summed E-state index contributed by atoms with van der Waals surface area (Å²) in [4.78, 5) is 20.7. The van der Waals surface area contributed by atoms with Crippen LogP contribution in [-0.2, 0) is 4.74 Å². The van der Waals surface area contributed by atoms with Gasteiger partial charge in [0.2, 0.25) is 0 Å². The van der Waals surface area contributed by atoms with Gasteiger partial charge >= 0.3 is 5.97 Å². The fourth-order valence-corrected chi connectivity index (χ4v) is 2.78. The molecule has 0 atom stereocenters. The number of carbonyl (C=O) groups is 1. The summed E-state index contributed by atoms with van der Waals surface area (Å²) >= 11 is 6.20. The van der Waals surface area contributed by atoms with Crippen LogP contribution in [0.4, 0.5) is 0 Å². The lowest BCUT2D eigenvalue weighted by Crippen LogP contribution is -2.12. The zero-order valence-electron chi connectivity index (χ0n) is 12.2. The van der Waals surface area contributed by atoms with Gasteiger partial charge in [-0.25, -0.2) is 14.8 Å². The summed E-state index contributed by atoms with van der Waals surface area (Å²) in [6.07, 6.45) is 1.39. The van der Waals surface area contributed by atoms with Gasteiger partial charge in [0, 0.05) is 5.69 Å². The van der Waals surface area contributed by atoms with Crippen LogP contribution >= 0.6 is 11.6 Å². The molecule has 0 aliphatic heterocycles. The molecule has 0 aliphatic rings. The smallest absolute Gasteiger partial charge is 0.355 e. The molecule has 0 unspecified atom stereocenters. The number of aryl methyl sites for hydroxylation is 1. The number of rotatable bonds is 3. The molecule has 1 aromatic carbocycles. The Balaban J connectivity index is 2.40. The van der Waals surface area contributed by atoms with Crippen LogP contribution in [0.3, 0.4) is 0 Å². The molecule has 0 amide bonds. The average molecular weight is 316 g/mol. The highest BCUT2D eigenvalue weighted by molar-refractivity contribution is 6.34. The number of carbonyl (C=O) groups excluding carboxylic acids is 1. The van der Waals surface area contributed by atoms with E-state index in [0.717, 1.165) is 5.69 Å². The van der Waals surface area contributed by atoms with Crippen molar-refractivity contribution in [3.8, 4) is 5.69 Å². The SMILES string of the molecule is CCOC(=O)c1c(C)c2c(Cl)ncnc2n1-c1ccccc1. The minimum atomic E-state index is -0.405. The van der Waals surface area contributed by atoms with Crippen molar-refractivity contribution in [3.63, 3.8) is 0 Å². The molecule has 0 radical (unpaired) electrons. The number of para-hydroxylation sites is 1. The zero-order chi connectivity index (χ0) is 15.7. The van der Waals surface area contributed by atoms with Gasteiger partial charge in [-0.1, -0.05) is 29.8 Å². The van der Waals surface area contributed by atoms with Crippen LogP contribution in [0.5, 0.6) is 0 Å². The van der Waals surface area contributed by atoms with Crippen molar-refractivity contribution in [1.29, 1.82) is 0 Å². The van der Waals surface area contributed by atoms with E-state index in [4.69, 9.17) is 16.3 Å². The van der Waals surface area contributed by atoms with Crippen LogP contribution in [0.2, 0.25) is 5.15 Å². The van der Waals surface area contributed by atoms with Gasteiger partial charge < -0.3 is 4.74 Å². The maximum Gasteiger partial charge on any atom is 0.355 e. The third-order valence-electron chi connectivity index (χ3n) is 3.43. The number of hydrogen-bond donors (Lipinski definition) is 0. The van der Waals surface area contributed by atoms with E-state index in [-0.39, 0.29) is 0 Å². The normalized spacial score (nSPS) is 10.9. The third kappa shape index (κ3) is 2.23. The van der Waals surface area contributed by atoms with Crippen molar-refractivity contribution in [2.24, 2.45) is 0 Å². The van der Waals surface area contributed by atoms with Crippen LogP contribution < -0.4 is 0 Å². The van der Waals surface area contributed by atoms with Gasteiger partial charge in [0.15, 0.2) is 0 Å². The van der Waals surface area contributed by atoms with E-state index in [9.17, 15) is 4.79 Å². The van der Waals surface area contributed by atoms with Gasteiger partial charge in [0.1, 0.15) is 22.8 Å². The Labute approximate surface area is 132 Å². The predicted octanol–water partition coefficient (Wildman–Crippen LogP) is 3.56. The van der Waals surface area contributed by atoms with Crippen molar-refractivity contribution in [2.45, 2.75) is 13.8 Å². The van der Waals surface area contributed by atoms with Crippen molar-refractivity contribution in [3.05, 3.63) is 53.1 Å². The molecule has 112 valence electrons. The van der Waals surface area contributed by atoms with E-state index in [2.05, 4.69) is 9.97 Å². The molecule has 0 fully saturated rings. The van der Waals surface area contributed by atoms with Crippen molar-refractivity contribution in [2.75, 3.05) is 6.61 Å². The van der Waals surface area contributed by atoms with Gasteiger partial charge in [-0.3, -0.25) is 4.57 Å². The largest absolute Gasteiger partial charge is 0.461 e. The van der Waals surface area contributed by atoms with Gasteiger partial charge in [0.25, 0.3) is 0 Å². The number of ether oxygens (including phenoxy) is 1. The quantitative estimate of drug-likeness (QED) is 0.548.